The van der Waals surface area contributed by atoms with Crippen molar-refractivity contribution in [1.29, 1.82) is 0 Å². The van der Waals surface area contributed by atoms with Gasteiger partial charge in [0, 0.05) is 27.4 Å². The van der Waals surface area contributed by atoms with Crippen LogP contribution in [0, 0.1) is 6.92 Å². The molecule has 5 aromatic rings. The number of ether oxygens (including phenoxy) is 1. The van der Waals surface area contributed by atoms with Crippen LogP contribution in [0.1, 0.15) is 68.5 Å². The van der Waals surface area contributed by atoms with E-state index in [-0.39, 0.29) is 11.5 Å². The minimum Gasteiger partial charge on any atom is -0.456 e. The van der Waals surface area contributed by atoms with Crippen molar-refractivity contribution in [2.45, 2.75) is 57.7 Å². The van der Waals surface area contributed by atoms with Crippen LogP contribution in [0.5, 0.6) is 11.5 Å². The molecule has 5 heteroatoms. The van der Waals surface area contributed by atoms with Crippen LogP contribution in [0.25, 0.3) is 0 Å². The molecule has 3 nitrogen and oxygen atoms in total. The lowest BCUT2D eigenvalue weighted by atomic mass is 9.74. The van der Waals surface area contributed by atoms with Crippen LogP contribution in [0.3, 0.4) is 0 Å². The van der Waals surface area contributed by atoms with Crippen molar-refractivity contribution >= 4 is 34.8 Å². The minimum atomic E-state index is -1.31. The third-order valence-corrected chi connectivity index (χ3v) is 12.5. The summed E-state index contributed by atoms with van der Waals surface area (Å²) in [7, 11) is -2.19. The van der Waals surface area contributed by atoms with E-state index in [2.05, 4.69) is 147 Å². The minimum absolute atomic E-state index is 0.317. The zero-order valence-electron chi connectivity index (χ0n) is 26.3. The summed E-state index contributed by atoms with van der Waals surface area (Å²) < 4.78 is 23.9. The van der Waals surface area contributed by atoms with Crippen molar-refractivity contribution in [3.63, 3.8) is 0 Å². The van der Waals surface area contributed by atoms with Crippen LogP contribution in [-0.2, 0) is 16.4 Å². The van der Waals surface area contributed by atoms with Crippen LogP contribution < -0.4 is 25.4 Å². The number of hydrogen-bond acceptors (Lipinski definition) is 2. The van der Waals surface area contributed by atoms with E-state index in [0.29, 0.717) is 0 Å². The van der Waals surface area contributed by atoms with Gasteiger partial charge in [-0.1, -0.05) is 135 Å². The third-order valence-electron chi connectivity index (χ3n) is 8.45. The first kappa shape index (κ1) is 30.5. The summed E-state index contributed by atoms with van der Waals surface area (Å²) in [5, 5.41) is 3.76. The Bertz CT molecular complexity index is 1770. The van der Waals surface area contributed by atoms with Gasteiger partial charge in [-0.15, -0.1) is 0 Å². The van der Waals surface area contributed by atoms with Gasteiger partial charge in [0.25, 0.3) is 0 Å². The van der Waals surface area contributed by atoms with Crippen molar-refractivity contribution < 1.29 is 8.95 Å². The molecule has 1 heterocycles. The van der Waals surface area contributed by atoms with E-state index in [4.69, 9.17) is 4.74 Å². The van der Waals surface area contributed by atoms with Crippen molar-refractivity contribution in [2.24, 2.45) is 0 Å². The Balaban J connectivity index is 1.56. The first-order valence-corrected chi connectivity index (χ1v) is 17.6. The molecule has 0 amide bonds. The summed E-state index contributed by atoms with van der Waals surface area (Å²) in [6.07, 6.45) is 0. The molecular weight excluding hydrogens is 577 g/mol. The van der Waals surface area contributed by atoms with Gasteiger partial charge in [0.05, 0.1) is 21.8 Å². The highest BCUT2D eigenvalue weighted by Crippen LogP contribution is 2.52. The molecule has 0 spiro atoms. The maximum atomic E-state index is 13.6. The van der Waals surface area contributed by atoms with E-state index >= 15 is 0 Å². The van der Waals surface area contributed by atoms with Gasteiger partial charge in [0.1, 0.15) is 11.5 Å². The zero-order chi connectivity index (χ0) is 31.1. The molecule has 0 saturated heterocycles. The quantitative estimate of drug-likeness (QED) is 0.187. The molecule has 1 aliphatic rings. The maximum absolute atomic E-state index is 13.6. The summed E-state index contributed by atoms with van der Waals surface area (Å²) in [6, 6.07) is 42.6. The molecule has 0 fully saturated rings. The van der Waals surface area contributed by atoms with Crippen molar-refractivity contribution in [3.8, 4) is 11.5 Å². The van der Waals surface area contributed by atoms with E-state index in [1.54, 1.807) is 0 Å². The zero-order valence-corrected chi connectivity index (χ0v) is 28.0. The lowest BCUT2D eigenvalue weighted by Crippen LogP contribution is -2.37. The highest BCUT2D eigenvalue weighted by atomic mass is 32.2. The van der Waals surface area contributed by atoms with Gasteiger partial charge >= 0.3 is 0 Å². The van der Waals surface area contributed by atoms with Crippen LogP contribution in [-0.4, -0.2) is 8.96 Å². The second kappa shape index (κ2) is 12.1. The first-order chi connectivity index (χ1) is 21.1. The van der Waals surface area contributed by atoms with Gasteiger partial charge in [-0.3, -0.25) is 0 Å². The molecular formula is C39H40NO2PS. The smallest absolute Gasteiger partial charge is 0.139 e. The second-order valence-corrected chi connectivity index (χ2v) is 17.1. The number of hydrogen-bond donors (Lipinski definition) is 1. The Morgan fingerprint density at radius 2 is 1.20 bits per heavy atom. The number of rotatable bonds is 7. The number of nitrogens with one attached hydrogen (secondary N) is 1. The lowest BCUT2D eigenvalue weighted by molar-refractivity contribution is 0.413. The normalized spacial score (nSPS) is 15.2. The lowest BCUT2D eigenvalue weighted by Gasteiger charge is -2.38. The van der Waals surface area contributed by atoms with Gasteiger partial charge in [0.2, 0.25) is 0 Å². The number of fused-ring (bicyclic) bond motifs is 2. The topological polar surface area (TPSA) is 38.3 Å². The fourth-order valence-electron chi connectivity index (χ4n) is 6.01. The van der Waals surface area contributed by atoms with E-state index in [0.717, 1.165) is 33.8 Å². The van der Waals surface area contributed by atoms with Crippen LogP contribution in [0.2, 0.25) is 0 Å². The standard InChI is InChI=1S/C39H40NO2PS/c1-27-17-13-14-22-30(27)35(40-44(41)38(2,3)4)31-23-15-24-32-36(31)42-37-33(39(32,5)6)25-16-26-34(37)43(28-18-9-7-10-19-28)29-20-11-8-12-21-29/h7-26,35,40H,1-6H3/t35-,44?/m0/s1. The molecule has 2 atom stereocenters. The average Bonchev–Trinajstić information content (AvgIpc) is 3.01. The van der Waals surface area contributed by atoms with Crippen molar-refractivity contribution in [1.82, 2.24) is 4.72 Å². The molecule has 224 valence electrons. The van der Waals surface area contributed by atoms with E-state index in [9.17, 15) is 4.21 Å². The summed E-state index contributed by atoms with van der Waals surface area (Å²) in [6.45, 7) is 12.7. The molecule has 1 unspecified atom stereocenters. The molecule has 0 bridgehead atoms. The van der Waals surface area contributed by atoms with Crippen LogP contribution in [0.15, 0.2) is 121 Å². The summed E-state index contributed by atoms with van der Waals surface area (Å²) in [5.41, 5.74) is 5.22. The van der Waals surface area contributed by atoms with Gasteiger partial charge in [0.15, 0.2) is 0 Å². The molecule has 0 saturated carbocycles. The number of aryl methyl sites for hydroxylation is 1. The first-order valence-electron chi connectivity index (χ1n) is 15.2. The maximum Gasteiger partial charge on any atom is 0.139 e. The fourth-order valence-corrected chi connectivity index (χ4v) is 9.23. The third kappa shape index (κ3) is 5.68. The Labute approximate surface area is 266 Å². The predicted octanol–water partition coefficient (Wildman–Crippen LogP) is 8.33. The molecule has 6 rings (SSSR count). The summed E-state index contributed by atoms with van der Waals surface area (Å²) in [4.78, 5) is 0. The molecule has 44 heavy (non-hydrogen) atoms. The van der Waals surface area contributed by atoms with E-state index < -0.39 is 23.7 Å². The molecule has 1 aliphatic heterocycles. The SMILES string of the molecule is Cc1ccccc1[C@H](NS(=O)C(C)(C)C)c1cccc2c1Oc1c(P(c3ccccc3)c3ccccc3)cccc1C2(C)C. The van der Waals surface area contributed by atoms with E-state index in [1.165, 1.54) is 21.5 Å². The number of para-hydroxylation sites is 2. The molecule has 5 aromatic carbocycles. The van der Waals surface area contributed by atoms with Gasteiger partial charge in [-0.25, -0.2) is 8.93 Å². The molecule has 1 N–H and O–H groups in total. The summed E-state index contributed by atoms with van der Waals surface area (Å²) >= 11 is 0. The van der Waals surface area contributed by atoms with Gasteiger partial charge in [-0.05, 0) is 57.4 Å². The summed E-state index contributed by atoms with van der Waals surface area (Å²) in [5.74, 6) is 1.77. The van der Waals surface area contributed by atoms with Crippen LogP contribution in [0.4, 0.5) is 0 Å². The number of benzene rings is 5. The predicted molar refractivity (Wildman–Crippen MR) is 188 cm³/mol. The highest BCUT2D eigenvalue weighted by Gasteiger charge is 2.39. The molecule has 0 radical (unpaired) electrons. The van der Waals surface area contributed by atoms with E-state index in [1.807, 2.05) is 20.8 Å². The van der Waals surface area contributed by atoms with Gasteiger partial charge in [-0.2, -0.15) is 0 Å². The Morgan fingerprint density at radius 3 is 1.80 bits per heavy atom. The molecule has 0 aliphatic carbocycles. The largest absolute Gasteiger partial charge is 0.456 e. The Morgan fingerprint density at radius 1 is 0.682 bits per heavy atom. The van der Waals surface area contributed by atoms with Crippen molar-refractivity contribution in [2.75, 3.05) is 0 Å². The fraction of sp³-hybridized carbons (Fsp3) is 0.231. The van der Waals surface area contributed by atoms with Crippen LogP contribution >= 0.6 is 7.92 Å². The highest BCUT2D eigenvalue weighted by molar-refractivity contribution is 7.84. The van der Waals surface area contributed by atoms with Gasteiger partial charge < -0.3 is 4.74 Å². The van der Waals surface area contributed by atoms with Crippen molar-refractivity contribution in [3.05, 3.63) is 149 Å². The second-order valence-electron chi connectivity index (χ2n) is 12.9. The molecule has 0 aromatic heterocycles. The Kier molecular flexibility index (Phi) is 8.37. The average molecular weight is 618 g/mol. The monoisotopic (exact) mass is 617 g/mol. The Hall–Kier alpha value is -3.56.